The third kappa shape index (κ3) is 5.40. The molecule has 0 amide bonds. The number of thiophene rings is 1. The lowest BCUT2D eigenvalue weighted by Gasteiger charge is -2.10. The van der Waals surface area contributed by atoms with Gasteiger partial charge >= 0.3 is 18.0 Å². The second kappa shape index (κ2) is 11.0. The molecule has 0 unspecified atom stereocenters. The molecular formula is C31H22F3N4O5S+. The molecule has 222 valence electrons. The number of hydrogen-bond donors (Lipinski definition) is 2. The molecule has 0 radical (unpaired) electrons. The summed E-state index contributed by atoms with van der Waals surface area (Å²) in [6.07, 6.45) is -4.88. The molecule has 6 rings (SSSR count). The highest BCUT2D eigenvalue weighted by molar-refractivity contribution is 7.21. The number of carbonyl (C=O) groups excluding carboxylic acids is 1. The minimum atomic E-state index is -4.88. The van der Waals surface area contributed by atoms with Gasteiger partial charge in [0, 0.05) is 27.8 Å². The summed E-state index contributed by atoms with van der Waals surface area (Å²) in [6, 6.07) is 21.7. The Kier molecular flexibility index (Phi) is 7.17. The number of fused-ring (bicyclic) bond motifs is 1. The Labute approximate surface area is 251 Å². The van der Waals surface area contributed by atoms with E-state index in [1.54, 1.807) is 7.11 Å². The molecule has 3 heterocycles. The van der Waals surface area contributed by atoms with Gasteiger partial charge in [-0.3, -0.25) is 9.32 Å². The van der Waals surface area contributed by atoms with Gasteiger partial charge in [-0.25, -0.2) is 4.98 Å². The largest absolute Gasteiger partial charge is 0.573 e. The van der Waals surface area contributed by atoms with Crippen LogP contribution < -0.4 is 19.9 Å². The van der Waals surface area contributed by atoms with Crippen molar-refractivity contribution in [3.63, 3.8) is 0 Å². The second-order valence-corrected chi connectivity index (χ2v) is 10.7. The van der Waals surface area contributed by atoms with Gasteiger partial charge in [0.1, 0.15) is 21.2 Å². The molecule has 13 heteroatoms. The van der Waals surface area contributed by atoms with E-state index in [-0.39, 0.29) is 21.9 Å². The molecule has 0 saturated carbocycles. The Hall–Kier alpha value is -5.43. The number of ether oxygens (including phenoxy) is 2. The molecule has 0 aliphatic heterocycles. The zero-order valence-electron chi connectivity index (χ0n) is 23.0. The maximum absolute atomic E-state index is 13.9. The number of methoxy groups -OCH3 is 1. The maximum Gasteiger partial charge on any atom is 0.573 e. The standard InChI is InChI=1S/C31H21F3N4O5S/c1-16-3-5-17(6-4-16)22-15-23(18-7-11-20(41-2)12-8-18)36-29-24(22)25(35)28(44-29)27(39)26-30(40)43-37-38(26)19-9-13-21(14-10-19)42-31(32,33)34/h3-15H,1-2H3,(H2-,35,37,39,40)/p+1. The Bertz CT molecular complexity index is 2000. The number of hydrogen-bond acceptors (Lipinski definition) is 9. The average molecular weight is 620 g/mol. The van der Waals surface area contributed by atoms with Crippen LogP contribution in [0, 0.1) is 6.92 Å². The smallest absolute Gasteiger partial charge is 0.497 e. The first-order chi connectivity index (χ1) is 21.0. The third-order valence-electron chi connectivity index (χ3n) is 6.81. The van der Waals surface area contributed by atoms with Crippen molar-refractivity contribution in [1.29, 1.82) is 0 Å². The fourth-order valence-corrected chi connectivity index (χ4v) is 5.74. The molecule has 0 bridgehead atoms. The van der Waals surface area contributed by atoms with Crippen molar-refractivity contribution in [2.24, 2.45) is 0 Å². The first-order valence-electron chi connectivity index (χ1n) is 13.0. The van der Waals surface area contributed by atoms with Crippen LogP contribution in [0.15, 0.2) is 83.4 Å². The molecule has 3 N–H and O–H groups in total. The summed E-state index contributed by atoms with van der Waals surface area (Å²) in [5.74, 6) is -1.31. The predicted molar refractivity (Wildman–Crippen MR) is 156 cm³/mol. The zero-order valence-corrected chi connectivity index (χ0v) is 23.9. The van der Waals surface area contributed by atoms with Crippen molar-refractivity contribution in [2.45, 2.75) is 13.3 Å². The molecule has 3 aromatic heterocycles. The SMILES string of the molecule is COc1ccc(-c2cc(-c3ccc(C)cc3)c3c(N)c(C(=O)c4c(O)on[n+]4-c4ccc(OC(F)(F)F)cc4)sc3n2)cc1. The van der Waals surface area contributed by atoms with Gasteiger partial charge in [0.05, 0.1) is 18.5 Å². The number of aryl methyl sites for hydroxylation is 1. The fourth-order valence-electron chi connectivity index (χ4n) is 4.68. The predicted octanol–water partition coefficient (Wildman–Crippen LogP) is 6.63. The highest BCUT2D eigenvalue weighted by Crippen LogP contribution is 2.42. The number of carbonyl (C=O) groups is 1. The average Bonchev–Trinajstić information content (AvgIpc) is 3.56. The van der Waals surface area contributed by atoms with Crippen LogP contribution in [0.25, 0.3) is 38.3 Å². The summed E-state index contributed by atoms with van der Waals surface area (Å²) in [5, 5.41) is 14.7. The molecule has 44 heavy (non-hydrogen) atoms. The Morgan fingerprint density at radius 1 is 0.977 bits per heavy atom. The number of alkyl halides is 3. The van der Waals surface area contributed by atoms with Gasteiger partial charge < -0.3 is 20.3 Å². The van der Waals surface area contributed by atoms with Gasteiger partial charge in [0.2, 0.25) is 11.0 Å². The minimum Gasteiger partial charge on any atom is -0.497 e. The molecule has 0 aliphatic rings. The first-order valence-corrected chi connectivity index (χ1v) is 13.8. The number of halogens is 3. The van der Waals surface area contributed by atoms with Crippen LogP contribution in [-0.2, 0) is 0 Å². The van der Waals surface area contributed by atoms with Crippen LogP contribution in [0.3, 0.4) is 0 Å². The van der Waals surface area contributed by atoms with E-state index in [1.165, 1.54) is 12.1 Å². The van der Waals surface area contributed by atoms with Gasteiger partial charge in [0.25, 0.3) is 5.78 Å². The second-order valence-electron chi connectivity index (χ2n) is 9.68. The summed E-state index contributed by atoms with van der Waals surface area (Å²) < 4.78 is 52.9. The summed E-state index contributed by atoms with van der Waals surface area (Å²) in [5.41, 5.74) is 10.6. The third-order valence-corrected chi connectivity index (χ3v) is 7.91. The van der Waals surface area contributed by atoms with Gasteiger partial charge in [-0.05, 0) is 60.5 Å². The van der Waals surface area contributed by atoms with Gasteiger partial charge in [0.15, 0.2) is 0 Å². The Balaban J connectivity index is 1.47. The summed E-state index contributed by atoms with van der Waals surface area (Å²) in [7, 11) is 1.58. The van der Waals surface area contributed by atoms with Crippen LogP contribution in [0.5, 0.6) is 17.4 Å². The van der Waals surface area contributed by atoms with E-state index in [9.17, 15) is 23.1 Å². The number of aromatic nitrogens is 3. The number of ketones is 1. The molecule has 6 aromatic rings. The lowest BCUT2D eigenvalue weighted by atomic mass is 9.98. The Morgan fingerprint density at radius 2 is 1.61 bits per heavy atom. The molecule has 0 saturated heterocycles. The number of nitrogens with two attached hydrogens (primary N) is 1. The van der Waals surface area contributed by atoms with Crippen molar-refractivity contribution in [3.05, 3.63) is 95.0 Å². The molecular weight excluding hydrogens is 597 g/mol. The van der Waals surface area contributed by atoms with Gasteiger partial charge in [-0.15, -0.1) is 24.5 Å². The number of aromatic hydroxyl groups is 1. The molecule has 0 aliphatic carbocycles. The zero-order chi connectivity index (χ0) is 31.2. The fraction of sp³-hybridized carbons (Fsp3) is 0.0968. The molecule has 0 spiro atoms. The Morgan fingerprint density at radius 3 is 2.25 bits per heavy atom. The van der Waals surface area contributed by atoms with Crippen LogP contribution >= 0.6 is 11.3 Å². The number of anilines is 1. The van der Waals surface area contributed by atoms with E-state index in [1.807, 2.05) is 61.5 Å². The van der Waals surface area contributed by atoms with E-state index < -0.39 is 23.8 Å². The van der Waals surface area contributed by atoms with E-state index in [4.69, 9.17) is 20.0 Å². The summed E-state index contributed by atoms with van der Waals surface area (Å²) in [4.78, 5) is 19.3. The van der Waals surface area contributed by atoms with Crippen LogP contribution in [0.2, 0.25) is 0 Å². The number of nitrogens with zero attached hydrogens (tertiary/aromatic N) is 3. The van der Waals surface area contributed by atoms with E-state index in [2.05, 4.69) is 10.0 Å². The van der Waals surface area contributed by atoms with Gasteiger partial charge in [-0.1, -0.05) is 29.8 Å². The first kappa shape index (κ1) is 28.7. The highest BCUT2D eigenvalue weighted by Gasteiger charge is 2.37. The van der Waals surface area contributed by atoms with Crippen LogP contribution in [0.4, 0.5) is 18.9 Å². The van der Waals surface area contributed by atoms with E-state index in [0.29, 0.717) is 21.7 Å². The van der Waals surface area contributed by atoms with Crippen molar-refractivity contribution in [2.75, 3.05) is 12.8 Å². The van der Waals surface area contributed by atoms with Crippen molar-refractivity contribution < 1.29 is 41.8 Å². The number of pyridine rings is 1. The summed E-state index contributed by atoms with van der Waals surface area (Å²) in [6.45, 7) is 1.97. The minimum absolute atomic E-state index is 0.0667. The topological polar surface area (TPSA) is 125 Å². The van der Waals surface area contributed by atoms with Gasteiger partial charge in [-0.2, -0.15) is 0 Å². The number of nitrogen functional groups attached to an aromatic ring is 1. The lowest BCUT2D eigenvalue weighted by molar-refractivity contribution is -0.672. The lowest BCUT2D eigenvalue weighted by Crippen LogP contribution is -2.38. The normalized spacial score (nSPS) is 11.6. The maximum atomic E-state index is 13.9. The van der Waals surface area contributed by atoms with E-state index >= 15 is 0 Å². The van der Waals surface area contributed by atoms with Crippen LogP contribution in [-0.4, -0.2) is 34.6 Å². The monoisotopic (exact) mass is 619 g/mol. The quantitative estimate of drug-likeness (QED) is 0.151. The molecule has 9 nitrogen and oxygen atoms in total. The number of rotatable bonds is 7. The molecule has 0 atom stereocenters. The van der Waals surface area contributed by atoms with Crippen molar-refractivity contribution in [1.82, 2.24) is 10.3 Å². The van der Waals surface area contributed by atoms with Crippen molar-refractivity contribution in [3.8, 4) is 45.5 Å². The van der Waals surface area contributed by atoms with Crippen LogP contribution in [0.1, 0.15) is 20.9 Å². The van der Waals surface area contributed by atoms with E-state index in [0.717, 1.165) is 50.4 Å². The summed E-state index contributed by atoms with van der Waals surface area (Å²) >= 11 is 1.03. The molecule has 0 fully saturated rings. The van der Waals surface area contributed by atoms with Crippen molar-refractivity contribution >= 4 is 33.0 Å². The number of benzene rings is 3. The molecule has 3 aromatic carbocycles. The highest BCUT2D eigenvalue weighted by atomic mass is 32.1.